The molecule has 2 rings (SSSR count). The molecular formula is C22H30N2O4S. The SMILES string of the molecule is Cc1cc(C)cc(N([C@@H](C)C(=O)NCCOc2cccc(C)c2C)S(C)(=O)=O)c1. The van der Waals surface area contributed by atoms with Crippen molar-refractivity contribution < 1.29 is 17.9 Å². The van der Waals surface area contributed by atoms with Crippen molar-refractivity contribution in [2.45, 2.75) is 40.7 Å². The van der Waals surface area contributed by atoms with Gasteiger partial charge in [0, 0.05) is 0 Å². The third-order valence-electron chi connectivity index (χ3n) is 4.76. The third kappa shape index (κ3) is 5.97. The lowest BCUT2D eigenvalue weighted by molar-refractivity contribution is -0.121. The van der Waals surface area contributed by atoms with Gasteiger partial charge in [0.1, 0.15) is 18.4 Å². The van der Waals surface area contributed by atoms with Crippen LogP contribution in [0.25, 0.3) is 0 Å². The molecule has 0 radical (unpaired) electrons. The van der Waals surface area contributed by atoms with Gasteiger partial charge in [-0.15, -0.1) is 0 Å². The van der Waals surface area contributed by atoms with Crippen LogP contribution < -0.4 is 14.4 Å². The number of carbonyl (C=O) groups is 1. The minimum atomic E-state index is -3.64. The summed E-state index contributed by atoms with van der Waals surface area (Å²) in [5.74, 6) is 0.402. The first-order valence-electron chi connectivity index (χ1n) is 9.55. The number of nitrogens with zero attached hydrogens (tertiary/aromatic N) is 1. The monoisotopic (exact) mass is 418 g/mol. The van der Waals surface area contributed by atoms with Crippen LogP contribution in [0.4, 0.5) is 5.69 Å². The van der Waals surface area contributed by atoms with E-state index in [2.05, 4.69) is 5.32 Å². The van der Waals surface area contributed by atoms with E-state index in [1.807, 2.05) is 52.0 Å². The van der Waals surface area contributed by atoms with Gasteiger partial charge >= 0.3 is 0 Å². The molecular weight excluding hydrogens is 388 g/mol. The average molecular weight is 419 g/mol. The summed E-state index contributed by atoms with van der Waals surface area (Å²) in [6.45, 7) is 9.95. The second-order valence-corrected chi connectivity index (χ2v) is 9.28. The Morgan fingerprint density at radius 3 is 2.31 bits per heavy atom. The highest BCUT2D eigenvalue weighted by Crippen LogP contribution is 2.24. The zero-order chi connectivity index (χ0) is 21.8. The summed E-state index contributed by atoms with van der Waals surface area (Å²) in [5, 5.41) is 2.77. The summed E-state index contributed by atoms with van der Waals surface area (Å²) in [5.41, 5.74) is 4.55. The van der Waals surface area contributed by atoms with Gasteiger partial charge in [-0.2, -0.15) is 0 Å². The number of rotatable bonds is 8. The zero-order valence-corrected chi connectivity index (χ0v) is 18.8. The van der Waals surface area contributed by atoms with E-state index in [0.717, 1.165) is 38.6 Å². The van der Waals surface area contributed by atoms with Gasteiger partial charge in [-0.1, -0.05) is 18.2 Å². The fourth-order valence-electron chi connectivity index (χ4n) is 3.25. The maximum atomic E-state index is 12.6. The highest BCUT2D eigenvalue weighted by Gasteiger charge is 2.29. The second kappa shape index (κ2) is 9.31. The third-order valence-corrected chi connectivity index (χ3v) is 6.00. The molecule has 0 aliphatic carbocycles. The largest absolute Gasteiger partial charge is 0.491 e. The minimum absolute atomic E-state index is 0.279. The molecule has 29 heavy (non-hydrogen) atoms. The number of aryl methyl sites for hydroxylation is 3. The molecule has 0 saturated carbocycles. The average Bonchev–Trinajstić information content (AvgIpc) is 2.60. The first-order chi connectivity index (χ1) is 13.5. The van der Waals surface area contributed by atoms with Gasteiger partial charge in [0.15, 0.2) is 0 Å². The molecule has 0 aliphatic heterocycles. The van der Waals surface area contributed by atoms with E-state index in [1.54, 1.807) is 19.1 Å². The molecule has 0 saturated heterocycles. The molecule has 2 aromatic rings. The quantitative estimate of drug-likeness (QED) is 0.668. The number of nitrogens with one attached hydrogen (secondary N) is 1. The summed E-state index contributed by atoms with van der Waals surface area (Å²) in [4.78, 5) is 12.6. The van der Waals surface area contributed by atoms with Crippen LogP contribution in [0.2, 0.25) is 0 Å². The van der Waals surface area contributed by atoms with Gasteiger partial charge in [-0.25, -0.2) is 8.42 Å². The van der Waals surface area contributed by atoms with Crippen LogP contribution in [0.5, 0.6) is 5.75 Å². The maximum absolute atomic E-state index is 12.6. The van der Waals surface area contributed by atoms with Crippen molar-refractivity contribution in [3.8, 4) is 5.75 Å². The molecule has 0 heterocycles. The molecule has 0 unspecified atom stereocenters. The van der Waals surface area contributed by atoms with Crippen molar-refractivity contribution in [1.29, 1.82) is 0 Å². The minimum Gasteiger partial charge on any atom is -0.491 e. The number of sulfonamides is 1. The van der Waals surface area contributed by atoms with Crippen LogP contribution in [-0.4, -0.2) is 39.8 Å². The van der Waals surface area contributed by atoms with E-state index >= 15 is 0 Å². The first kappa shape index (κ1) is 22.7. The number of amides is 1. The fourth-order valence-corrected chi connectivity index (χ4v) is 4.41. The van der Waals surface area contributed by atoms with E-state index in [9.17, 15) is 13.2 Å². The summed E-state index contributed by atoms with van der Waals surface area (Å²) >= 11 is 0. The van der Waals surface area contributed by atoms with Crippen molar-refractivity contribution in [2.75, 3.05) is 23.7 Å². The molecule has 7 heteroatoms. The maximum Gasteiger partial charge on any atom is 0.243 e. The van der Waals surface area contributed by atoms with Crippen LogP contribution in [0.1, 0.15) is 29.2 Å². The van der Waals surface area contributed by atoms with Gasteiger partial charge in [0.25, 0.3) is 0 Å². The van der Waals surface area contributed by atoms with Crippen LogP contribution >= 0.6 is 0 Å². The van der Waals surface area contributed by atoms with Crippen LogP contribution in [0.15, 0.2) is 36.4 Å². The van der Waals surface area contributed by atoms with E-state index in [-0.39, 0.29) is 12.5 Å². The number of hydrogen-bond acceptors (Lipinski definition) is 4. The Labute approximate surface area is 173 Å². The van der Waals surface area contributed by atoms with E-state index < -0.39 is 16.1 Å². The second-order valence-electron chi connectivity index (χ2n) is 7.42. The Morgan fingerprint density at radius 1 is 1.10 bits per heavy atom. The number of ether oxygens (including phenoxy) is 1. The Kier molecular flexibility index (Phi) is 7.30. The van der Waals surface area contributed by atoms with Gasteiger partial charge in [0.2, 0.25) is 15.9 Å². The molecule has 1 N–H and O–H groups in total. The smallest absolute Gasteiger partial charge is 0.243 e. The zero-order valence-electron chi connectivity index (χ0n) is 17.9. The normalized spacial score (nSPS) is 12.3. The number of benzene rings is 2. The van der Waals surface area contributed by atoms with Crippen molar-refractivity contribution in [1.82, 2.24) is 5.32 Å². The lowest BCUT2D eigenvalue weighted by atomic mass is 10.1. The highest BCUT2D eigenvalue weighted by molar-refractivity contribution is 7.92. The molecule has 0 fully saturated rings. The van der Waals surface area contributed by atoms with Crippen molar-refractivity contribution in [2.24, 2.45) is 0 Å². The lowest BCUT2D eigenvalue weighted by Gasteiger charge is -2.28. The summed E-state index contributed by atoms with van der Waals surface area (Å²) in [7, 11) is -3.64. The van der Waals surface area contributed by atoms with Crippen LogP contribution in [0.3, 0.4) is 0 Å². The molecule has 0 aromatic heterocycles. The predicted molar refractivity (Wildman–Crippen MR) is 117 cm³/mol. The highest BCUT2D eigenvalue weighted by atomic mass is 32.2. The molecule has 1 atom stereocenters. The molecule has 1 amide bonds. The summed E-state index contributed by atoms with van der Waals surface area (Å²) < 4.78 is 31.7. The molecule has 0 aliphatic rings. The Bertz CT molecular complexity index is 966. The van der Waals surface area contributed by atoms with Crippen LogP contribution in [-0.2, 0) is 14.8 Å². The van der Waals surface area contributed by atoms with Crippen molar-refractivity contribution in [3.05, 3.63) is 58.7 Å². The van der Waals surface area contributed by atoms with Gasteiger partial charge in [-0.3, -0.25) is 9.10 Å². The Hall–Kier alpha value is -2.54. The Morgan fingerprint density at radius 2 is 1.72 bits per heavy atom. The topological polar surface area (TPSA) is 75.7 Å². The van der Waals surface area contributed by atoms with E-state index in [1.165, 1.54) is 0 Å². The number of anilines is 1. The van der Waals surface area contributed by atoms with Gasteiger partial charge < -0.3 is 10.1 Å². The molecule has 0 spiro atoms. The molecule has 2 aromatic carbocycles. The van der Waals surface area contributed by atoms with Crippen molar-refractivity contribution in [3.63, 3.8) is 0 Å². The van der Waals surface area contributed by atoms with Crippen LogP contribution in [0, 0.1) is 27.7 Å². The summed E-state index contributed by atoms with van der Waals surface area (Å²) in [6.07, 6.45) is 1.11. The number of carbonyl (C=O) groups excluding carboxylic acids is 1. The first-order valence-corrected chi connectivity index (χ1v) is 11.4. The van der Waals surface area contributed by atoms with Gasteiger partial charge in [0.05, 0.1) is 18.5 Å². The predicted octanol–water partition coefficient (Wildman–Crippen LogP) is 3.27. The summed E-state index contributed by atoms with van der Waals surface area (Å²) in [6, 6.07) is 10.4. The van der Waals surface area contributed by atoms with E-state index in [4.69, 9.17) is 4.74 Å². The number of hydrogen-bond donors (Lipinski definition) is 1. The standard InChI is InChI=1S/C22H30N2O4S/c1-15-12-16(2)14-20(13-15)24(29(6,26)27)19(5)22(25)23-10-11-28-21-9-7-8-17(3)18(21)4/h7-9,12-14,19H,10-11H2,1-6H3,(H,23,25)/t19-/m0/s1. The van der Waals surface area contributed by atoms with Gasteiger partial charge in [-0.05, 0) is 75.1 Å². The lowest BCUT2D eigenvalue weighted by Crippen LogP contribution is -2.48. The van der Waals surface area contributed by atoms with E-state index in [0.29, 0.717) is 12.3 Å². The molecule has 6 nitrogen and oxygen atoms in total. The molecule has 0 bridgehead atoms. The Balaban J connectivity index is 2.05. The fraction of sp³-hybridized carbons (Fsp3) is 0.409. The molecule has 158 valence electrons. The van der Waals surface area contributed by atoms with Crippen molar-refractivity contribution >= 4 is 21.6 Å².